The molecule has 1 aliphatic carbocycles. The zero-order valence-corrected chi connectivity index (χ0v) is 11.0. The van der Waals surface area contributed by atoms with E-state index in [2.05, 4.69) is 17.0 Å². The molecule has 5 heteroatoms. The fourth-order valence-corrected chi connectivity index (χ4v) is 2.49. The van der Waals surface area contributed by atoms with Crippen LogP contribution >= 0.6 is 0 Å². The summed E-state index contributed by atoms with van der Waals surface area (Å²) in [7, 11) is 1.16. The lowest BCUT2D eigenvalue weighted by Crippen LogP contribution is -2.23. The van der Waals surface area contributed by atoms with Gasteiger partial charge in [-0.05, 0) is 24.8 Å². The molecule has 1 aliphatic rings. The van der Waals surface area contributed by atoms with Crippen LogP contribution < -0.4 is 5.32 Å². The summed E-state index contributed by atoms with van der Waals surface area (Å²) >= 11 is 0. The largest absolute Gasteiger partial charge is 0.465 e. The summed E-state index contributed by atoms with van der Waals surface area (Å²) in [4.78, 5) is 11.4. The van der Waals surface area contributed by atoms with E-state index in [0.717, 1.165) is 26.4 Å². The third-order valence-corrected chi connectivity index (χ3v) is 3.66. The van der Waals surface area contributed by atoms with Gasteiger partial charge >= 0.3 is 5.97 Å². The highest BCUT2D eigenvalue weighted by molar-refractivity contribution is 5.90. The van der Waals surface area contributed by atoms with Crippen molar-refractivity contribution < 1.29 is 18.3 Å². The van der Waals surface area contributed by atoms with Crippen molar-refractivity contribution in [2.75, 3.05) is 12.4 Å². The van der Waals surface area contributed by atoms with Crippen LogP contribution in [0.2, 0.25) is 0 Å². The number of hydrogen-bond donors (Lipinski definition) is 1. The molecule has 0 spiro atoms. The van der Waals surface area contributed by atoms with Crippen LogP contribution in [0.15, 0.2) is 12.1 Å². The number of ether oxygens (including phenoxy) is 1. The number of rotatable bonds is 3. The smallest absolute Gasteiger partial charge is 0.340 e. The van der Waals surface area contributed by atoms with Crippen LogP contribution in [0.3, 0.4) is 0 Å². The number of carbonyl (C=O) groups excluding carboxylic acids is 1. The summed E-state index contributed by atoms with van der Waals surface area (Å²) in [5.41, 5.74) is -0.0994. The molecule has 0 saturated heterocycles. The summed E-state index contributed by atoms with van der Waals surface area (Å²) in [5.74, 6) is -1.97. The second-order valence-corrected chi connectivity index (χ2v) is 4.96. The van der Waals surface area contributed by atoms with Crippen molar-refractivity contribution in [1.82, 2.24) is 0 Å². The van der Waals surface area contributed by atoms with Gasteiger partial charge in [0.2, 0.25) is 0 Å². The number of hydrogen-bond acceptors (Lipinski definition) is 3. The molecule has 104 valence electrons. The Labute approximate surface area is 111 Å². The van der Waals surface area contributed by atoms with Crippen molar-refractivity contribution in [3.63, 3.8) is 0 Å². The SMILES string of the molecule is COC(=O)c1cc(NC2CCCC2C)c(F)cc1F. The monoisotopic (exact) mass is 269 g/mol. The minimum absolute atomic E-state index is 0.153. The van der Waals surface area contributed by atoms with E-state index in [0.29, 0.717) is 12.0 Å². The van der Waals surface area contributed by atoms with E-state index in [1.54, 1.807) is 0 Å². The molecule has 2 unspecified atom stereocenters. The molecule has 1 fully saturated rings. The van der Waals surface area contributed by atoms with Gasteiger partial charge in [-0.15, -0.1) is 0 Å². The number of esters is 1. The topological polar surface area (TPSA) is 38.3 Å². The van der Waals surface area contributed by atoms with Crippen LogP contribution in [0.4, 0.5) is 14.5 Å². The minimum Gasteiger partial charge on any atom is -0.465 e. The van der Waals surface area contributed by atoms with Crippen LogP contribution in [0, 0.1) is 17.6 Å². The van der Waals surface area contributed by atoms with E-state index in [1.165, 1.54) is 6.07 Å². The maximum Gasteiger partial charge on any atom is 0.340 e. The Hall–Kier alpha value is -1.65. The Morgan fingerprint density at radius 3 is 2.63 bits per heavy atom. The predicted octanol–water partition coefficient (Wildman–Crippen LogP) is 3.35. The van der Waals surface area contributed by atoms with Gasteiger partial charge < -0.3 is 10.1 Å². The molecule has 2 rings (SSSR count). The molecule has 19 heavy (non-hydrogen) atoms. The Kier molecular flexibility index (Phi) is 4.02. The average Bonchev–Trinajstić information content (AvgIpc) is 2.77. The molecule has 0 bridgehead atoms. The molecular weight excluding hydrogens is 252 g/mol. The van der Waals surface area contributed by atoms with Gasteiger partial charge in [-0.3, -0.25) is 0 Å². The fraction of sp³-hybridized carbons (Fsp3) is 0.500. The molecular formula is C14H17F2NO2. The van der Waals surface area contributed by atoms with Crippen LogP contribution in [0.25, 0.3) is 0 Å². The summed E-state index contributed by atoms with van der Waals surface area (Å²) in [5, 5.41) is 3.06. The van der Waals surface area contributed by atoms with E-state index in [9.17, 15) is 13.6 Å². The number of nitrogens with one attached hydrogen (secondary N) is 1. The second kappa shape index (κ2) is 5.55. The highest BCUT2D eigenvalue weighted by Crippen LogP contribution is 2.29. The first-order valence-electron chi connectivity index (χ1n) is 6.37. The lowest BCUT2D eigenvalue weighted by atomic mass is 10.1. The Bertz CT molecular complexity index is 491. The maximum atomic E-state index is 13.7. The Morgan fingerprint density at radius 1 is 1.32 bits per heavy atom. The van der Waals surface area contributed by atoms with Crippen LogP contribution in [-0.4, -0.2) is 19.1 Å². The lowest BCUT2D eigenvalue weighted by molar-refractivity contribution is 0.0595. The number of methoxy groups -OCH3 is 1. The molecule has 0 aliphatic heterocycles. The number of anilines is 1. The molecule has 0 radical (unpaired) electrons. The van der Waals surface area contributed by atoms with Crippen molar-refractivity contribution in [2.24, 2.45) is 5.92 Å². The summed E-state index contributed by atoms with van der Waals surface area (Å²) < 4.78 is 31.7. The van der Waals surface area contributed by atoms with Gasteiger partial charge in [-0.1, -0.05) is 13.3 Å². The summed E-state index contributed by atoms with van der Waals surface area (Å²) in [6.45, 7) is 2.09. The molecule has 1 aromatic rings. The van der Waals surface area contributed by atoms with E-state index >= 15 is 0 Å². The predicted molar refractivity (Wildman–Crippen MR) is 68.1 cm³/mol. The molecule has 0 heterocycles. The zero-order chi connectivity index (χ0) is 14.0. The molecule has 0 amide bonds. The first-order valence-corrected chi connectivity index (χ1v) is 6.37. The zero-order valence-electron chi connectivity index (χ0n) is 11.0. The Balaban J connectivity index is 2.27. The number of halogens is 2. The van der Waals surface area contributed by atoms with Gasteiger partial charge in [0.05, 0.1) is 18.4 Å². The molecule has 3 nitrogen and oxygen atoms in total. The van der Waals surface area contributed by atoms with Crippen molar-refractivity contribution in [3.8, 4) is 0 Å². The van der Waals surface area contributed by atoms with Crippen LogP contribution in [-0.2, 0) is 4.74 Å². The minimum atomic E-state index is -0.908. The normalized spacial score (nSPS) is 22.3. The quantitative estimate of drug-likeness (QED) is 0.855. The molecule has 2 atom stereocenters. The number of carbonyl (C=O) groups is 1. The van der Waals surface area contributed by atoms with Gasteiger partial charge in [-0.25, -0.2) is 13.6 Å². The first-order chi connectivity index (χ1) is 9.02. The average molecular weight is 269 g/mol. The van der Waals surface area contributed by atoms with Gasteiger partial charge in [0.15, 0.2) is 0 Å². The maximum absolute atomic E-state index is 13.7. The number of benzene rings is 1. The van der Waals surface area contributed by atoms with Gasteiger partial charge in [-0.2, -0.15) is 0 Å². The van der Waals surface area contributed by atoms with Crippen molar-refractivity contribution in [1.29, 1.82) is 0 Å². The fourth-order valence-electron chi connectivity index (χ4n) is 2.49. The third-order valence-electron chi connectivity index (χ3n) is 3.66. The van der Waals surface area contributed by atoms with Crippen molar-refractivity contribution in [3.05, 3.63) is 29.3 Å². The highest BCUT2D eigenvalue weighted by Gasteiger charge is 2.25. The Morgan fingerprint density at radius 2 is 2.05 bits per heavy atom. The van der Waals surface area contributed by atoms with Crippen molar-refractivity contribution >= 4 is 11.7 Å². The summed E-state index contributed by atoms with van der Waals surface area (Å²) in [6.07, 6.45) is 3.13. The molecule has 1 N–H and O–H groups in total. The van der Waals surface area contributed by atoms with Crippen LogP contribution in [0.1, 0.15) is 36.5 Å². The first kappa shape index (κ1) is 13.8. The highest BCUT2D eigenvalue weighted by atomic mass is 19.1. The van der Waals surface area contributed by atoms with Gasteiger partial charge in [0.1, 0.15) is 11.6 Å². The molecule has 1 aromatic carbocycles. The second-order valence-electron chi connectivity index (χ2n) is 4.96. The van der Waals surface area contributed by atoms with E-state index in [4.69, 9.17) is 0 Å². The van der Waals surface area contributed by atoms with Gasteiger partial charge in [0.25, 0.3) is 0 Å². The van der Waals surface area contributed by atoms with E-state index in [-0.39, 0.29) is 17.3 Å². The van der Waals surface area contributed by atoms with E-state index < -0.39 is 17.6 Å². The standard InChI is InChI=1S/C14H17F2NO2/c1-8-4-3-5-12(8)17-13-6-9(14(18)19-2)10(15)7-11(13)16/h6-8,12,17H,3-5H2,1-2H3. The molecule has 0 aromatic heterocycles. The van der Waals surface area contributed by atoms with Gasteiger partial charge in [0, 0.05) is 12.1 Å². The van der Waals surface area contributed by atoms with E-state index in [1.807, 2.05) is 0 Å². The van der Waals surface area contributed by atoms with Crippen LogP contribution in [0.5, 0.6) is 0 Å². The van der Waals surface area contributed by atoms with Crippen molar-refractivity contribution in [2.45, 2.75) is 32.2 Å². The third kappa shape index (κ3) is 2.85. The summed E-state index contributed by atoms with van der Waals surface area (Å²) in [6, 6.07) is 2.06. The molecule has 1 saturated carbocycles. The lowest BCUT2D eigenvalue weighted by Gasteiger charge is -2.19.